The Balaban J connectivity index is 2.34. The van der Waals surface area contributed by atoms with Crippen LogP contribution in [0.5, 0.6) is 0 Å². The molecule has 0 saturated heterocycles. The summed E-state index contributed by atoms with van der Waals surface area (Å²) >= 11 is 0. The molecule has 17 heavy (non-hydrogen) atoms. The molecule has 4 nitrogen and oxygen atoms in total. The minimum absolute atomic E-state index is 0.153. The summed E-state index contributed by atoms with van der Waals surface area (Å²) < 4.78 is 10.7. The number of rotatable bonds is 10. The Hall–Kier alpha value is -0.160. The molecule has 0 spiro atoms. The average Bonchev–Trinajstić information content (AvgIpc) is 3.11. The summed E-state index contributed by atoms with van der Waals surface area (Å²) in [6, 6.07) is 0.366. The van der Waals surface area contributed by atoms with Crippen molar-refractivity contribution in [3.8, 4) is 0 Å². The first kappa shape index (κ1) is 14.9. The zero-order valence-electron chi connectivity index (χ0n) is 11.4. The predicted molar refractivity (Wildman–Crippen MR) is 68.1 cm³/mol. The Labute approximate surface area is 105 Å². The smallest absolute Gasteiger partial charge is 0.0681 e. The molecule has 0 bridgehead atoms. The monoisotopic (exact) mass is 245 g/mol. The van der Waals surface area contributed by atoms with Crippen molar-refractivity contribution in [3.63, 3.8) is 0 Å². The SMILES string of the molecule is COCCCOCC(CO)(NC(C)C)C1CC1. The van der Waals surface area contributed by atoms with E-state index in [4.69, 9.17) is 9.47 Å². The van der Waals surface area contributed by atoms with Crippen LogP contribution < -0.4 is 5.32 Å². The molecule has 1 aliphatic rings. The van der Waals surface area contributed by atoms with Crippen LogP contribution in [0, 0.1) is 5.92 Å². The van der Waals surface area contributed by atoms with Gasteiger partial charge in [0, 0.05) is 26.4 Å². The van der Waals surface area contributed by atoms with Gasteiger partial charge in [0.2, 0.25) is 0 Å². The van der Waals surface area contributed by atoms with Gasteiger partial charge in [0.05, 0.1) is 18.8 Å². The van der Waals surface area contributed by atoms with Gasteiger partial charge in [-0.1, -0.05) is 13.8 Å². The third-order valence-electron chi connectivity index (χ3n) is 3.21. The fraction of sp³-hybridized carbons (Fsp3) is 1.00. The Morgan fingerprint density at radius 2 is 2.06 bits per heavy atom. The van der Waals surface area contributed by atoms with Crippen molar-refractivity contribution >= 4 is 0 Å². The molecule has 102 valence electrons. The van der Waals surface area contributed by atoms with Crippen LogP contribution in [-0.2, 0) is 9.47 Å². The van der Waals surface area contributed by atoms with E-state index in [1.165, 1.54) is 12.8 Å². The van der Waals surface area contributed by atoms with Crippen molar-refractivity contribution in [2.45, 2.75) is 44.7 Å². The van der Waals surface area contributed by atoms with E-state index in [0.29, 0.717) is 25.2 Å². The number of nitrogens with one attached hydrogen (secondary N) is 1. The van der Waals surface area contributed by atoms with Crippen LogP contribution in [0.25, 0.3) is 0 Å². The normalized spacial score (nSPS) is 19.6. The molecule has 1 aliphatic carbocycles. The summed E-state index contributed by atoms with van der Waals surface area (Å²) in [5.41, 5.74) is -0.235. The Morgan fingerprint density at radius 1 is 1.35 bits per heavy atom. The number of ether oxygens (including phenoxy) is 2. The molecule has 1 rings (SSSR count). The highest BCUT2D eigenvalue weighted by Crippen LogP contribution is 2.40. The molecule has 1 fully saturated rings. The second-order valence-electron chi connectivity index (χ2n) is 5.29. The number of hydrogen-bond acceptors (Lipinski definition) is 4. The van der Waals surface area contributed by atoms with Crippen LogP contribution in [-0.4, -0.2) is 50.2 Å². The summed E-state index contributed by atoms with van der Waals surface area (Å²) in [6.45, 7) is 6.39. The minimum Gasteiger partial charge on any atom is -0.394 e. The van der Waals surface area contributed by atoms with Crippen molar-refractivity contribution < 1.29 is 14.6 Å². The van der Waals surface area contributed by atoms with Crippen LogP contribution in [0.15, 0.2) is 0 Å². The van der Waals surface area contributed by atoms with E-state index in [1.807, 2.05) is 0 Å². The second-order valence-corrected chi connectivity index (χ2v) is 5.29. The van der Waals surface area contributed by atoms with E-state index in [0.717, 1.165) is 13.0 Å². The molecule has 0 aromatic heterocycles. The first-order valence-electron chi connectivity index (χ1n) is 6.60. The summed E-state index contributed by atoms with van der Waals surface area (Å²) in [6.07, 6.45) is 3.30. The standard InChI is InChI=1S/C13H27NO3/c1-11(2)14-13(9-15,12-5-6-12)10-17-8-4-7-16-3/h11-12,14-15H,4-10H2,1-3H3. The van der Waals surface area contributed by atoms with Gasteiger partial charge in [-0.3, -0.25) is 0 Å². The maximum atomic E-state index is 9.67. The maximum Gasteiger partial charge on any atom is 0.0681 e. The van der Waals surface area contributed by atoms with Gasteiger partial charge in [0.25, 0.3) is 0 Å². The molecule has 0 aromatic rings. The first-order valence-corrected chi connectivity index (χ1v) is 6.60. The predicted octanol–water partition coefficient (Wildman–Crippen LogP) is 1.18. The van der Waals surface area contributed by atoms with Gasteiger partial charge in [-0.05, 0) is 25.2 Å². The highest BCUT2D eigenvalue weighted by molar-refractivity contribution is 5.01. The van der Waals surface area contributed by atoms with Gasteiger partial charge < -0.3 is 19.9 Å². The third kappa shape index (κ3) is 4.92. The lowest BCUT2D eigenvalue weighted by Gasteiger charge is -2.35. The molecule has 2 N–H and O–H groups in total. The second kappa shape index (κ2) is 7.31. The molecule has 0 amide bonds. The molecule has 0 aliphatic heterocycles. The van der Waals surface area contributed by atoms with E-state index in [-0.39, 0.29) is 12.1 Å². The van der Waals surface area contributed by atoms with Gasteiger partial charge >= 0.3 is 0 Å². The summed E-state index contributed by atoms with van der Waals surface area (Å²) in [5.74, 6) is 0.567. The third-order valence-corrected chi connectivity index (χ3v) is 3.21. The molecule has 0 radical (unpaired) electrons. The zero-order chi connectivity index (χ0) is 12.7. The van der Waals surface area contributed by atoms with Crippen LogP contribution in [0.2, 0.25) is 0 Å². The van der Waals surface area contributed by atoms with Gasteiger partial charge in [0.15, 0.2) is 0 Å². The van der Waals surface area contributed by atoms with Gasteiger partial charge in [-0.15, -0.1) is 0 Å². The van der Waals surface area contributed by atoms with E-state index in [1.54, 1.807) is 7.11 Å². The Bertz CT molecular complexity index is 207. The van der Waals surface area contributed by atoms with E-state index >= 15 is 0 Å². The molecule has 4 heteroatoms. The van der Waals surface area contributed by atoms with E-state index in [2.05, 4.69) is 19.2 Å². The van der Waals surface area contributed by atoms with Crippen molar-refractivity contribution in [3.05, 3.63) is 0 Å². The largest absolute Gasteiger partial charge is 0.394 e. The lowest BCUT2D eigenvalue weighted by atomic mass is 9.94. The van der Waals surface area contributed by atoms with Crippen molar-refractivity contribution in [1.82, 2.24) is 5.32 Å². The van der Waals surface area contributed by atoms with Gasteiger partial charge in [0.1, 0.15) is 0 Å². The van der Waals surface area contributed by atoms with Crippen LogP contribution in [0.4, 0.5) is 0 Å². The Kier molecular flexibility index (Phi) is 6.41. The Morgan fingerprint density at radius 3 is 2.53 bits per heavy atom. The van der Waals surface area contributed by atoms with Crippen molar-refractivity contribution in [2.75, 3.05) is 33.5 Å². The number of aliphatic hydroxyl groups is 1. The molecular weight excluding hydrogens is 218 g/mol. The minimum atomic E-state index is -0.235. The maximum absolute atomic E-state index is 9.67. The van der Waals surface area contributed by atoms with E-state index in [9.17, 15) is 5.11 Å². The molecule has 0 heterocycles. The number of hydrogen-bond donors (Lipinski definition) is 2. The quantitative estimate of drug-likeness (QED) is 0.567. The van der Waals surface area contributed by atoms with Crippen LogP contribution in [0.1, 0.15) is 33.1 Å². The fourth-order valence-electron chi connectivity index (χ4n) is 2.27. The summed E-state index contributed by atoms with van der Waals surface area (Å²) in [4.78, 5) is 0. The molecular formula is C13H27NO3. The molecule has 1 atom stereocenters. The van der Waals surface area contributed by atoms with Crippen LogP contribution in [0.3, 0.4) is 0 Å². The highest BCUT2D eigenvalue weighted by Gasteiger charge is 2.45. The summed E-state index contributed by atoms with van der Waals surface area (Å²) in [5, 5.41) is 13.2. The molecule has 1 unspecified atom stereocenters. The lowest BCUT2D eigenvalue weighted by molar-refractivity contribution is 0.0130. The average molecular weight is 245 g/mol. The molecule has 1 saturated carbocycles. The van der Waals surface area contributed by atoms with E-state index < -0.39 is 0 Å². The topological polar surface area (TPSA) is 50.7 Å². The molecule has 0 aromatic carbocycles. The van der Waals surface area contributed by atoms with Crippen molar-refractivity contribution in [2.24, 2.45) is 5.92 Å². The first-order chi connectivity index (χ1) is 8.14. The zero-order valence-corrected chi connectivity index (χ0v) is 11.4. The number of aliphatic hydroxyl groups excluding tert-OH is 1. The summed E-state index contributed by atoms with van der Waals surface area (Å²) in [7, 11) is 1.70. The number of methoxy groups -OCH3 is 1. The fourth-order valence-corrected chi connectivity index (χ4v) is 2.27. The van der Waals surface area contributed by atoms with Gasteiger partial charge in [-0.25, -0.2) is 0 Å². The van der Waals surface area contributed by atoms with Crippen LogP contribution >= 0.6 is 0 Å². The highest BCUT2D eigenvalue weighted by atomic mass is 16.5. The van der Waals surface area contributed by atoms with Gasteiger partial charge in [-0.2, -0.15) is 0 Å². The lowest BCUT2D eigenvalue weighted by Crippen LogP contribution is -2.56. The van der Waals surface area contributed by atoms with Crippen molar-refractivity contribution in [1.29, 1.82) is 0 Å².